The first-order valence-electron chi connectivity index (χ1n) is 6.98. The van der Waals surface area contributed by atoms with Crippen LogP contribution in [0.25, 0.3) is 0 Å². The molecule has 0 fully saturated rings. The molecule has 98 valence electrons. The predicted octanol–water partition coefficient (Wildman–Crippen LogP) is 2.75. The fraction of sp³-hybridized carbons (Fsp3) is 0.294. The van der Waals surface area contributed by atoms with Crippen LogP contribution in [-0.2, 0) is 19.4 Å². The lowest BCUT2D eigenvalue weighted by molar-refractivity contribution is 0.726. The number of nitrogens with zero attached hydrogens (tertiary/aromatic N) is 1. The maximum atomic E-state index is 5.72. The molecule has 1 aliphatic rings. The first-order chi connectivity index (χ1) is 9.38. The lowest BCUT2D eigenvalue weighted by Gasteiger charge is -2.32. The second-order valence-electron chi connectivity index (χ2n) is 5.11. The minimum Gasteiger partial charge on any atom is -0.367 e. The van der Waals surface area contributed by atoms with E-state index in [1.807, 2.05) is 0 Å². The van der Waals surface area contributed by atoms with E-state index in [0.29, 0.717) is 6.54 Å². The molecule has 0 saturated heterocycles. The lowest BCUT2D eigenvalue weighted by atomic mass is 9.98. The van der Waals surface area contributed by atoms with Gasteiger partial charge in [0.2, 0.25) is 0 Å². The van der Waals surface area contributed by atoms with Crippen molar-refractivity contribution in [3.05, 3.63) is 65.2 Å². The molecule has 0 unspecified atom stereocenters. The molecule has 0 saturated carbocycles. The van der Waals surface area contributed by atoms with E-state index < -0.39 is 0 Å². The number of para-hydroxylation sites is 1. The highest BCUT2D eigenvalue weighted by Gasteiger charge is 2.17. The minimum absolute atomic E-state index is 0.710. The third kappa shape index (κ3) is 2.49. The number of rotatable bonds is 3. The van der Waals surface area contributed by atoms with Gasteiger partial charge in [-0.25, -0.2) is 0 Å². The van der Waals surface area contributed by atoms with Crippen LogP contribution in [0.2, 0.25) is 0 Å². The molecule has 0 spiro atoms. The maximum Gasteiger partial charge on any atom is 0.0432 e. The summed E-state index contributed by atoms with van der Waals surface area (Å²) < 4.78 is 0. The van der Waals surface area contributed by atoms with Crippen molar-refractivity contribution in [2.75, 3.05) is 18.0 Å². The summed E-state index contributed by atoms with van der Waals surface area (Å²) in [5.41, 5.74) is 11.4. The minimum atomic E-state index is 0.710. The van der Waals surface area contributed by atoms with Gasteiger partial charge in [0.1, 0.15) is 0 Å². The van der Waals surface area contributed by atoms with Gasteiger partial charge in [-0.2, -0.15) is 0 Å². The van der Waals surface area contributed by atoms with Crippen molar-refractivity contribution in [1.82, 2.24) is 0 Å². The summed E-state index contributed by atoms with van der Waals surface area (Å²) in [6.45, 7) is 2.82. The number of nitrogens with two attached hydrogens (primary N) is 1. The number of hydrogen-bond acceptors (Lipinski definition) is 2. The average molecular weight is 252 g/mol. The highest BCUT2D eigenvalue weighted by molar-refractivity contribution is 5.55. The molecule has 0 aliphatic carbocycles. The molecule has 2 aromatic rings. The maximum absolute atomic E-state index is 5.72. The van der Waals surface area contributed by atoms with Crippen LogP contribution in [0.15, 0.2) is 48.5 Å². The van der Waals surface area contributed by atoms with Crippen LogP contribution in [0.4, 0.5) is 5.69 Å². The highest BCUT2D eigenvalue weighted by atomic mass is 15.1. The van der Waals surface area contributed by atoms with Crippen LogP contribution >= 0.6 is 0 Å². The van der Waals surface area contributed by atoms with Crippen molar-refractivity contribution in [2.45, 2.75) is 19.4 Å². The topological polar surface area (TPSA) is 29.3 Å². The Bertz CT molecular complexity index is 563. The van der Waals surface area contributed by atoms with Gasteiger partial charge < -0.3 is 10.6 Å². The molecular weight excluding hydrogens is 232 g/mol. The molecule has 19 heavy (non-hydrogen) atoms. The second-order valence-corrected chi connectivity index (χ2v) is 5.11. The second kappa shape index (κ2) is 5.45. The van der Waals surface area contributed by atoms with Crippen molar-refractivity contribution in [2.24, 2.45) is 5.73 Å². The zero-order valence-corrected chi connectivity index (χ0v) is 11.2. The van der Waals surface area contributed by atoms with Gasteiger partial charge in [-0.1, -0.05) is 42.5 Å². The Morgan fingerprint density at radius 3 is 2.53 bits per heavy atom. The molecule has 2 N–H and O–H groups in total. The van der Waals surface area contributed by atoms with E-state index in [0.717, 1.165) is 25.9 Å². The normalized spacial score (nSPS) is 14.3. The third-order valence-corrected chi connectivity index (χ3v) is 3.88. The van der Waals surface area contributed by atoms with Crippen molar-refractivity contribution in [3.8, 4) is 0 Å². The summed E-state index contributed by atoms with van der Waals surface area (Å²) in [5.74, 6) is 0. The zero-order chi connectivity index (χ0) is 13.1. The van der Waals surface area contributed by atoms with E-state index in [-0.39, 0.29) is 0 Å². The van der Waals surface area contributed by atoms with E-state index in [2.05, 4.69) is 53.4 Å². The standard InChI is InChI=1S/C17H20N2/c18-11-9-15-6-3-4-8-17(15)19-12-10-14-5-1-2-7-16(14)13-19/h1-8H,9-13,18H2. The summed E-state index contributed by atoms with van der Waals surface area (Å²) in [6.07, 6.45) is 2.08. The third-order valence-electron chi connectivity index (χ3n) is 3.88. The molecule has 0 amide bonds. The summed E-state index contributed by atoms with van der Waals surface area (Å²) in [4.78, 5) is 2.48. The Kier molecular flexibility index (Phi) is 3.51. The van der Waals surface area contributed by atoms with Gasteiger partial charge in [-0.15, -0.1) is 0 Å². The molecule has 1 heterocycles. The van der Waals surface area contributed by atoms with Crippen LogP contribution < -0.4 is 10.6 Å². The molecule has 1 aliphatic heterocycles. The Hall–Kier alpha value is -1.80. The van der Waals surface area contributed by atoms with Crippen LogP contribution in [0.5, 0.6) is 0 Å². The zero-order valence-electron chi connectivity index (χ0n) is 11.2. The van der Waals surface area contributed by atoms with Crippen LogP contribution in [0, 0.1) is 0 Å². The SMILES string of the molecule is NCCc1ccccc1N1CCc2ccccc2C1. The molecule has 2 heteroatoms. The van der Waals surface area contributed by atoms with Gasteiger partial charge in [-0.3, -0.25) is 0 Å². The summed E-state index contributed by atoms with van der Waals surface area (Å²) in [5, 5.41) is 0. The molecule has 2 aromatic carbocycles. The Balaban J connectivity index is 1.89. The van der Waals surface area contributed by atoms with Gasteiger partial charge in [-0.05, 0) is 42.1 Å². The van der Waals surface area contributed by atoms with Crippen LogP contribution in [-0.4, -0.2) is 13.1 Å². The number of hydrogen-bond donors (Lipinski definition) is 1. The molecule has 3 rings (SSSR count). The number of fused-ring (bicyclic) bond motifs is 1. The monoisotopic (exact) mass is 252 g/mol. The number of anilines is 1. The van der Waals surface area contributed by atoms with Gasteiger partial charge in [0.25, 0.3) is 0 Å². The predicted molar refractivity (Wildman–Crippen MR) is 80.4 cm³/mol. The molecule has 0 bridgehead atoms. The Morgan fingerprint density at radius 2 is 1.68 bits per heavy atom. The van der Waals surface area contributed by atoms with Crippen molar-refractivity contribution >= 4 is 5.69 Å². The van der Waals surface area contributed by atoms with E-state index in [1.165, 1.54) is 22.4 Å². The Morgan fingerprint density at radius 1 is 0.947 bits per heavy atom. The lowest BCUT2D eigenvalue weighted by Crippen LogP contribution is -2.31. The molecule has 2 nitrogen and oxygen atoms in total. The van der Waals surface area contributed by atoms with Gasteiger partial charge >= 0.3 is 0 Å². The van der Waals surface area contributed by atoms with Crippen molar-refractivity contribution in [1.29, 1.82) is 0 Å². The highest BCUT2D eigenvalue weighted by Crippen LogP contribution is 2.27. The van der Waals surface area contributed by atoms with Crippen molar-refractivity contribution < 1.29 is 0 Å². The number of benzene rings is 2. The molecule has 0 atom stereocenters. The fourth-order valence-electron chi connectivity index (χ4n) is 2.89. The average Bonchev–Trinajstić information content (AvgIpc) is 2.48. The van der Waals surface area contributed by atoms with E-state index in [9.17, 15) is 0 Å². The smallest absolute Gasteiger partial charge is 0.0432 e. The van der Waals surface area contributed by atoms with E-state index >= 15 is 0 Å². The summed E-state index contributed by atoms with van der Waals surface area (Å²) >= 11 is 0. The molecular formula is C17H20N2. The molecule has 0 radical (unpaired) electrons. The Labute approximate surface area is 114 Å². The first kappa shape index (κ1) is 12.2. The van der Waals surface area contributed by atoms with E-state index in [1.54, 1.807) is 0 Å². The molecule has 0 aromatic heterocycles. The van der Waals surface area contributed by atoms with Gasteiger partial charge in [0, 0.05) is 18.8 Å². The van der Waals surface area contributed by atoms with Crippen LogP contribution in [0.3, 0.4) is 0 Å². The van der Waals surface area contributed by atoms with E-state index in [4.69, 9.17) is 5.73 Å². The van der Waals surface area contributed by atoms with Gasteiger partial charge in [0.05, 0.1) is 0 Å². The fourth-order valence-corrected chi connectivity index (χ4v) is 2.89. The quantitative estimate of drug-likeness (QED) is 0.910. The first-order valence-corrected chi connectivity index (χ1v) is 6.98. The summed E-state index contributed by atoms with van der Waals surface area (Å²) in [6, 6.07) is 17.4. The van der Waals surface area contributed by atoms with Crippen LogP contribution in [0.1, 0.15) is 16.7 Å². The van der Waals surface area contributed by atoms with Crippen molar-refractivity contribution in [3.63, 3.8) is 0 Å². The largest absolute Gasteiger partial charge is 0.367 e. The van der Waals surface area contributed by atoms with Gasteiger partial charge in [0.15, 0.2) is 0 Å². The summed E-state index contributed by atoms with van der Waals surface area (Å²) in [7, 11) is 0.